The fourth-order valence-corrected chi connectivity index (χ4v) is 4.91. The predicted octanol–water partition coefficient (Wildman–Crippen LogP) is 3.92. The highest BCUT2D eigenvalue weighted by atomic mass is 32.1. The molecule has 4 aromatic rings. The van der Waals surface area contributed by atoms with E-state index in [1.54, 1.807) is 24.5 Å². The minimum absolute atomic E-state index is 0.0334. The van der Waals surface area contributed by atoms with Crippen molar-refractivity contribution in [3.8, 4) is 17.1 Å². The molecular formula is C22H23N7O2S. The molecule has 0 bridgehead atoms. The van der Waals surface area contributed by atoms with E-state index in [2.05, 4.69) is 20.3 Å². The average molecular weight is 450 g/mol. The number of imidazole rings is 1. The topological polar surface area (TPSA) is 132 Å². The van der Waals surface area contributed by atoms with Gasteiger partial charge in [0, 0.05) is 22.9 Å². The molecule has 0 saturated heterocycles. The van der Waals surface area contributed by atoms with E-state index in [-0.39, 0.29) is 23.6 Å². The van der Waals surface area contributed by atoms with Crippen LogP contribution < -0.4 is 11.1 Å². The molecule has 3 heterocycles. The third-order valence-corrected chi connectivity index (χ3v) is 6.74. The van der Waals surface area contributed by atoms with Crippen molar-refractivity contribution in [1.29, 1.82) is 0 Å². The number of rotatable bonds is 4. The summed E-state index contributed by atoms with van der Waals surface area (Å²) in [6, 6.07) is 6.95. The van der Waals surface area contributed by atoms with E-state index in [9.17, 15) is 9.90 Å². The van der Waals surface area contributed by atoms with E-state index in [0.717, 1.165) is 31.4 Å². The third kappa shape index (κ3) is 3.89. The molecule has 0 aliphatic heterocycles. The number of nitrogens with zero attached hydrogens (tertiary/aromatic N) is 5. The van der Waals surface area contributed by atoms with Gasteiger partial charge in [-0.05, 0) is 44.7 Å². The van der Waals surface area contributed by atoms with Gasteiger partial charge in [0.2, 0.25) is 5.91 Å². The molecule has 0 spiro atoms. The van der Waals surface area contributed by atoms with E-state index < -0.39 is 0 Å². The van der Waals surface area contributed by atoms with Crippen LogP contribution in [0.3, 0.4) is 0 Å². The first kappa shape index (κ1) is 20.4. The molecule has 1 aliphatic carbocycles. The Labute approximate surface area is 188 Å². The van der Waals surface area contributed by atoms with Crippen molar-refractivity contribution in [2.45, 2.75) is 38.6 Å². The Balaban J connectivity index is 1.35. The Morgan fingerprint density at radius 2 is 2.03 bits per heavy atom. The molecule has 32 heavy (non-hydrogen) atoms. The van der Waals surface area contributed by atoms with Crippen LogP contribution in [0.25, 0.3) is 22.6 Å². The molecule has 1 aromatic carbocycles. The van der Waals surface area contributed by atoms with E-state index in [1.807, 2.05) is 22.9 Å². The number of amides is 1. The van der Waals surface area contributed by atoms with Crippen LogP contribution in [0.15, 0.2) is 36.0 Å². The summed E-state index contributed by atoms with van der Waals surface area (Å²) in [6.45, 7) is 1.91. The summed E-state index contributed by atoms with van der Waals surface area (Å²) in [7, 11) is 0. The monoisotopic (exact) mass is 449 g/mol. The van der Waals surface area contributed by atoms with Crippen LogP contribution in [0, 0.1) is 12.8 Å². The number of hydrogen-bond donors (Lipinski definition) is 3. The number of carbonyl (C=O) groups is 1. The van der Waals surface area contributed by atoms with Crippen LogP contribution in [0.1, 0.15) is 37.4 Å². The zero-order chi connectivity index (χ0) is 22.2. The van der Waals surface area contributed by atoms with Crippen LogP contribution in [-0.4, -0.2) is 35.5 Å². The van der Waals surface area contributed by atoms with Gasteiger partial charge in [0.1, 0.15) is 11.3 Å². The average Bonchev–Trinajstić information content (AvgIpc) is 3.40. The molecule has 0 unspecified atom stereocenters. The highest BCUT2D eigenvalue weighted by molar-refractivity contribution is 7.13. The van der Waals surface area contributed by atoms with Crippen LogP contribution in [0.2, 0.25) is 0 Å². The molecule has 164 valence electrons. The van der Waals surface area contributed by atoms with E-state index in [1.165, 1.54) is 11.3 Å². The first-order valence-corrected chi connectivity index (χ1v) is 11.4. The summed E-state index contributed by atoms with van der Waals surface area (Å²) in [5.41, 5.74) is 8.99. The van der Waals surface area contributed by atoms with Gasteiger partial charge in [0.15, 0.2) is 22.4 Å². The van der Waals surface area contributed by atoms with Gasteiger partial charge >= 0.3 is 0 Å². The number of phenolic OH excluding ortho intramolecular Hbond substituents is 1. The van der Waals surface area contributed by atoms with Crippen molar-refractivity contribution >= 4 is 39.4 Å². The second-order valence-electron chi connectivity index (χ2n) is 8.10. The molecule has 1 saturated carbocycles. The van der Waals surface area contributed by atoms with Crippen LogP contribution >= 0.6 is 11.3 Å². The number of nitrogens with one attached hydrogen (secondary N) is 1. The second kappa shape index (κ2) is 8.19. The normalized spacial score (nSPS) is 18.7. The van der Waals surface area contributed by atoms with Crippen molar-refractivity contribution < 1.29 is 9.90 Å². The lowest BCUT2D eigenvalue weighted by Crippen LogP contribution is -2.28. The molecule has 1 aliphatic rings. The summed E-state index contributed by atoms with van der Waals surface area (Å²) >= 11 is 1.45. The number of thiazole rings is 1. The molecule has 3 aromatic heterocycles. The van der Waals surface area contributed by atoms with Gasteiger partial charge in [-0.2, -0.15) is 0 Å². The molecule has 1 amide bonds. The van der Waals surface area contributed by atoms with Gasteiger partial charge in [-0.25, -0.2) is 19.9 Å². The Morgan fingerprint density at radius 1 is 1.22 bits per heavy atom. The number of aromatic hydroxyl groups is 1. The Bertz CT molecular complexity index is 1290. The molecular weight excluding hydrogens is 426 g/mol. The number of phenols is 1. The van der Waals surface area contributed by atoms with Gasteiger partial charge in [0.05, 0.1) is 12.0 Å². The highest BCUT2D eigenvalue weighted by Gasteiger charge is 2.29. The zero-order valence-corrected chi connectivity index (χ0v) is 18.3. The number of fused-ring (bicyclic) bond motifs is 1. The number of aryl methyl sites for hydroxylation is 1. The second-order valence-corrected chi connectivity index (χ2v) is 8.95. The summed E-state index contributed by atoms with van der Waals surface area (Å²) in [4.78, 5) is 30.5. The highest BCUT2D eigenvalue weighted by Crippen LogP contribution is 2.35. The van der Waals surface area contributed by atoms with Gasteiger partial charge in [-0.3, -0.25) is 4.79 Å². The van der Waals surface area contributed by atoms with Crippen molar-refractivity contribution in [2.24, 2.45) is 5.92 Å². The molecule has 0 atom stereocenters. The van der Waals surface area contributed by atoms with Crippen molar-refractivity contribution in [2.75, 3.05) is 11.1 Å². The largest absolute Gasteiger partial charge is 0.508 e. The lowest BCUT2D eigenvalue weighted by Gasteiger charge is -2.28. The first-order chi connectivity index (χ1) is 15.5. The quantitative estimate of drug-likeness (QED) is 0.430. The summed E-state index contributed by atoms with van der Waals surface area (Å²) in [5, 5.41) is 15.3. The SMILES string of the molecule is Cc1csc(NC(=O)[C@H]2CC[C@@H](n3cnc4c(N)nc(-c5cccc(O)c5)nc43)CC2)n1. The maximum absolute atomic E-state index is 12.6. The predicted molar refractivity (Wildman–Crippen MR) is 123 cm³/mol. The van der Waals surface area contributed by atoms with Gasteiger partial charge in [-0.1, -0.05) is 12.1 Å². The number of aromatic nitrogens is 5. The number of carbonyl (C=O) groups excluding carboxylic acids is 1. The van der Waals surface area contributed by atoms with E-state index in [0.29, 0.717) is 33.5 Å². The summed E-state index contributed by atoms with van der Waals surface area (Å²) < 4.78 is 2.04. The minimum Gasteiger partial charge on any atom is -0.508 e. The standard InChI is InChI=1S/C22H23N7O2S/c1-12-10-32-22(25-12)28-21(31)13-5-7-15(8-6-13)29-11-24-17-18(23)26-19(27-20(17)29)14-3-2-4-16(30)9-14/h2-4,9-11,13,15,30H,5-8H2,1H3,(H2,23,26,27)(H,25,28,31)/t13-,15+. The number of hydrogen-bond acceptors (Lipinski definition) is 8. The Hall–Kier alpha value is -3.53. The molecule has 10 heteroatoms. The lowest BCUT2D eigenvalue weighted by atomic mass is 9.85. The minimum atomic E-state index is -0.0345. The summed E-state index contributed by atoms with van der Waals surface area (Å²) in [6.07, 6.45) is 4.99. The number of nitrogens with two attached hydrogens (primary N) is 1. The van der Waals surface area contributed by atoms with Gasteiger partial charge < -0.3 is 20.7 Å². The number of anilines is 2. The maximum Gasteiger partial charge on any atom is 0.229 e. The van der Waals surface area contributed by atoms with Crippen molar-refractivity contribution in [3.63, 3.8) is 0 Å². The van der Waals surface area contributed by atoms with Crippen LogP contribution in [0.5, 0.6) is 5.75 Å². The third-order valence-electron chi connectivity index (χ3n) is 5.86. The Kier molecular flexibility index (Phi) is 5.22. The maximum atomic E-state index is 12.6. The zero-order valence-electron chi connectivity index (χ0n) is 17.5. The molecule has 5 rings (SSSR count). The fraction of sp³-hybridized carbons (Fsp3) is 0.318. The molecule has 1 fully saturated rings. The van der Waals surface area contributed by atoms with Gasteiger partial charge in [0.25, 0.3) is 0 Å². The molecule has 4 N–H and O–H groups in total. The van der Waals surface area contributed by atoms with E-state index >= 15 is 0 Å². The van der Waals surface area contributed by atoms with Crippen molar-refractivity contribution in [1.82, 2.24) is 24.5 Å². The lowest BCUT2D eigenvalue weighted by molar-refractivity contribution is -0.120. The number of benzene rings is 1. The number of nitrogen functional groups attached to an aromatic ring is 1. The Morgan fingerprint density at radius 3 is 2.75 bits per heavy atom. The molecule has 9 nitrogen and oxygen atoms in total. The van der Waals surface area contributed by atoms with E-state index in [4.69, 9.17) is 10.7 Å². The van der Waals surface area contributed by atoms with Crippen LogP contribution in [0.4, 0.5) is 10.9 Å². The molecule has 0 radical (unpaired) electrons. The fourth-order valence-electron chi connectivity index (χ4n) is 4.21. The van der Waals surface area contributed by atoms with Crippen molar-refractivity contribution in [3.05, 3.63) is 41.7 Å². The smallest absolute Gasteiger partial charge is 0.229 e. The summed E-state index contributed by atoms with van der Waals surface area (Å²) in [5.74, 6) is 0.889. The first-order valence-electron chi connectivity index (χ1n) is 10.5. The van der Waals surface area contributed by atoms with Gasteiger partial charge in [-0.15, -0.1) is 11.3 Å². The van der Waals surface area contributed by atoms with Crippen LogP contribution in [-0.2, 0) is 4.79 Å².